The van der Waals surface area contributed by atoms with Gasteiger partial charge in [-0.05, 0) is 24.8 Å². The number of hydrogen-bond donors (Lipinski definition) is 2. The molecule has 0 rings (SSSR count). The maximum atomic E-state index is 10.5. The van der Waals surface area contributed by atoms with Gasteiger partial charge in [-0.15, -0.1) is 0 Å². The van der Waals surface area contributed by atoms with Gasteiger partial charge < -0.3 is 10.8 Å². The van der Waals surface area contributed by atoms with Gasteiger partial charge in [0.2, 0.25) is 0 Å². The van der Waals surface area contributed by atoms with Crippen LogP contribution in [-0.4, -0.2) is 17.6 Å². The second kappa shape index (κ2) is 7.80. The molecule has 0 aliphatic heterocycles. The van der Waals surface area contributed by atoms with E-state index in [2.05, 4.69) is 13.8 Å². The number of carbonyl (C=O) groups is 1. The Labute approximate surface area is 86.7 Å². The number of carboxylic acids is 1. The molecule has 0 fully saturated rings. The van der Waals surface area contributed by atoms with Gasteiger partial charge in [-0.2, -0.15) is 0 Å². The minimum Gasteiger partial charge on any atom is -0.481 e. The van der Waals surface area contributed by atoms with Crippen LogP contribution < -0.4 is 5.73 Å². The van der Waals surface area contributed by atoms with E-state index in [0.717, 1.165) is 6.42 Å². The average Bonchev–Trinajstić information content (AvgIpc) is 2.12. The molecule has 3 nitrogen and oxygen atoms in total. The minimum atomic E-state index is -0.733. The number of rotatable bonds is 8. The third kappa shape index (κ3) is 6.89. The summed E-state index contributed by atoms with van der Waals surface area (Å²) in [6.45, 7) is 4.84. The first kappa shape index (κ1) is 13.4. The fraction of sp³-hybridized carbons (Fsp3) is 0.909. The van der Waals surface area contributed by atoms with E-state index >= 15 is 0 Å². The molecule has 0 aromatic rings. The zero-order chi connectivity index (χ0) is 11.0. The summed E-state index contributed by atoms with van der Waals surface area (Å²) < 4.78 is 0. The van der Waals surface area contributed by atoms with Gasteiger partial charge in [0.15, 0.2) is 0 Å². The predicted octanol–water partition coefficient (Wildman–Crippen LogP) is 2.25. The summed E-state index contributed by atoms with van der Waals surface area (Å²) in [5.74, 6) is 0.0188. The van der Waals surface area contributed by atoms with Crippen molar-refractivity contribution in [3.05, 3.63) is 0 Å². The van der Waals surface area contributed by atoms with E-state index in [9.17, 15) is 4.79 Å². The van der Waals surface area contributed by atoms with Gasteiger partial charge in [0.05, 0.1) is 0 Å². The van der Waals surface area contributed by atoms with Crippen molar-refractivity contribution in [1.29, 1.82) is 0 Å². The Morgan fingerprint density at radius 1 is 1.50 bits per heavy atom. The van der Waals surface area contributed by atoms with Gasteiger partial charge in [-0.3, -0.25) is 4.79 Å². The topological polar surface area (TPSA) is 63.3 Å². The van der Waals surface area contributed by atoms with E-state index in [-0.39, 0.29) is 12.3 Å². The maximum absolute atomic E-state index is 10.5. The Kier molecular flexibility index (Phi) is 7.48. The van der Waals surface area contributed by atoms with Gasteiger partial charge >= 0.3 is 5.97 Å². The van der Waals surface area contributed by atoms with Gasteiger partial charge in [-0.25, -0.2) is 0 Å². The van der Waals surface area contributed by atoms with Crippen LogP contribution in [-0.2, 0) is 4.79 Å². The van der Waals surface area contributed by atoms with Crippen molar-refractivity contribution in [2.24, 2.45) is 17.6 Å². The highest BCUT2D eigenvalue weighted by Gasteiger charge is 2.14. The third-order valence-electron chi connectivity index (χ3n) is 2.58. The number of unbranched alkanes of at least 4 members (excludes halogenated alkanes) is 1. The Balaban J connectivity index is 3.73. The van der Waals surface area contributed by atoms with E-state index in [0.29, 0.717) is 12.5 Å². The van der Waals surface area contributed by atoms with Crippen LogP contribution in [0, 0.1) is 11.8 Å². The molecule has 0 aliphatic rings. The molecule has 0 aromatic carbocycles. The van der Waals surface area contributed by atoms with E-state index in [1.54, 1.807) is 0 Å². The zero-order valence-electron chi connectivity index (χ0n) is 9.33. The fourth-order valence-electron chi connectivity index (χ4n) is 1.75. The lowest BCUT2D eigenvalue weighted by Gasteiger charge is -2.17. The first-order valence-corrected chi connectivity index (χ1v) is 5.52. The van der Waals surface area contributed by atoms with Crippen LogP contribution in [0.1, 0.15) is 46.0 Å². The lowest BCUT2D eigenvalue weighted by molar-refractivity contribution is -0.138. The van der Waals surface area contributed by atoms with Gasteiger partial charge in [0.1, 0.15) is 0 Å². The Morgan fingerprint density at radius 3 is 2.57 bits per heavy atom. The molecule has 0 aliphatic carbocycles. The molecule has 0 saturated carbocycles. The largest absolute Gasteiger partial charge is 0.481 e. The lowest BCUT2D eigenvalue weighted by atomic mass is 9.90. The molecule has 3 heteroatoms. The molecule has 0 amide bonds. The highest BCUT2D eigenvalue weighted by atomic mass is 16.4. The maximum Gasteiger partial charge on any atom is 0.303 e. The second-order valence-electron chi connectivity index (χ2n) is 4.18. The van der Waals surface area contributed by atoms with Crippen molar-refractivity contribution in [3.63, 3.8) is 0 Å². The summed E-state index contributed by atoms with van der Waals surface area (Å²) in [4.78, 5) is 10.5. The highest BCUT2D eigenvalue weighted by Crippen LogP contribution is 2.19. The molecular formula is C11H23NO2. The van der Waals surface area contributed by atoms with E-state index in [1.165, 1.54) is 19.3 Å². The highest BCUT2D eigenvalue weighted by molar-refractivity contribution is 5.67. The number of aliphatic carboxylic acids is 1. The van der Waals surface area contributed by atoms with Crippen LogP contribution >= 0.6 is 0 Å². The first-order chi connectivity index (χ1) is 6.60. The zero-order valence-corrected chi connectivity index (χ0v) is 9.33. The summed E-state index contributed by atoms with van der Waals surface area (Å²) in [6.07, 6.45) is 4.78. The van der Waals surface area contributed by atoms with E-state index in [1.807, 2.05) is 0 Å². The number of hydrogen-bond acceptors (Lipinski definition) is 2. The average molecular weight is 201 g/mol. The van der Waals surface area contributed by atoms with Gasteiger partial charge in [0.25, 0.3) is 0 Å². The van der Waals surface area contributed by atoms with Gasteiger partial charge in [-0.1, -0.05) is 33.1 Å². The van der Waals surface area contributed by atoms with Gasteiger partial charge in [0, 0.05) is 6.42 Å². The van der Waals surface area contributed by atoms with Crippen molar-refractivity contribution in [2.75, 3.05) is 6.54 Å². The molecule has 84 valence electrons. The quantitative estimate of drug-likeness (QED) is 0.633. The fourth-order valence-corrected chi connectivity index (χ4v) is 1.75. The monoisotopic (exact) mass is 201 g/mol. The van der Waals surface area contributed by atoms with Crippen LogP contribution in [0.4, 0.5) is 0 Å². The van der Waals surface area contributed by atoms with Crippen LogP contribution in [0.2, 0.25) is 0 Å². The predicted molar refractivity (Wildman–Crippen MR) is 58.1 cm³/mol. The smallest absolute Gasteiger partial charge is 0.303 e. The summed E-state index contributed by atoms with van der Waals surface area (Å²) >= 11 is 0. The molecule has 0 radical (unpaired) electrons. The van der Waals surface area contributed by atoms with Crippen LogP contribution in [0.3, 0.4) is 0 Å². The first-order valence-electron chi connectivity index (χ1n) is 5.52. The molecule has 0 saturated heterocycles. The Morgan fingerprint density at radius 2 is 2.14 bits per heavy atom. The molecule has 2 atom stereocenters. The minimum absolute atomic E-state index is 0.152. The van der Waals surface area contributed by atoms with Crippen LogP contribution in [0.15, 0.2) is 0 Å². The van der Waals surface area contributed by atoms with Crippen molar-refractivity contribution in [1.82, 2.24) is 0 Å². The number of nitrogens with two attached hydrogens (primary N) is 1. The summed E-state index contributed by atoms with van der Waals surface area (Å²) in [7, 11) is 0. The Bertz CT molecular complexity index is 159. The van der Waals surface area contributed by atoms with Crippen LogP contribution in [0.25, 0.3) is 0 Å². The summed E-state index contributed by atoms with van der Waals surface area (Å²) in [5.41, 5.74) is 5.53. The molecule has 0 aromatic heterocycles. The third-order valence-corrected chi connectivity index (χ3v) is 2.58. The normalized spacial score (nSPS) is 15.1. The van der Waals surface area contributed by atoms with E-state index < -0.39 is 5.97 Å². The molecule has 3 N–H and O–H groups in total. The summed E-state index contributed by atoms with van der Waals surface area (Å²) in [6, 6.07) is 0. The van der Waals surface area contributed by atoms with Crippen molar-refractivity contribution in [3.8, 4) is 0 Å². The lowest BCUT2D eigenvalue weighted by Crippen LogP contribution is -2.20. The standard InChI is InChI=1S/C11H23NO2/c1-3-4-5-9(2)6-10(8-12)7-11(13)14/h9-10H,3-8,12H2,1-2H3,(H,13,14)/t9-,10-/m0/s1. The Hall–Kier alpha value is -0.570. The SMILES string of the molecule is CCCC[C@H](C)C[C@H](CN)CC(=O)O. The molecule has 0 unspecified atom stereocenters. The second-order valence-corrected chi connectivity index (χ2v) is 4.18. The number of carboxylic acid groups (broad SMARTS) is 1. The summed E-state index contributed by atoms with van der Waals surface area (Å²) in [5, 5.41) is 8.65. The van der Waals surface area contributed by atoms with Crippen molar-refractivity contribution < 1.29 is 9.90 Å². The molecule has 0 spiro atoms. The molecule has 0 heterocycles. The van der Waals surface area contributed by atoms with Crippen molar-refractivity contribution in [2.45, 2.75) is 46.0 Å². The molecule has 14 heavy (non-hydrogen) atoms. The van der Waals surface area contributed by atoms with Crippen LogP contribution in [0.5, 0.6) is 0 Å². The van der Waals surface area contributed by atoms with E-state index in [4.69, 9.17) is 10.8 Å². The van der Waals surface area contributed by atoms with Crippen molar-refractivity contribution >= 4 is 5.97 Å². The molecular weight excluding hydrogens is 178 g/mol. The molecule has 0 bridgehead atoms.